The lowest BCUT2D eigenvalue weighted by Gasteiger charge is -2.15. The Kier molecular flexibility index (Phi) is 4.71. The molecule has 0 radical (unpaired) electrons. The highest BCUT2D eigenvalue weighted by molar-refractivity contribution is 6.33. The number of nitrogens with zero attached hydrogens (tertiary/aromatic N) is 1. The highest BCUT2D eigenvalue weighted by atomic mass is 35.5. The standard InChI is InChI=1S/C18H18ClN3O2/c1-12(23)22-9-8-13-10-14(6-7-17(13)22)21-18(24)11-20-16-5-3-2-4-15(16)19/h2-7,10,20H,8-9,11H2,1H3,(H,21,24). The quantitative estimate of drug-likeness (QED) is 0.895. The Hall–Kier alpha value is -2.53. The second kappa shape index (κ2) is 6.93. The maximum Gasteiger partial charge on any atom is 0.243 e. The van der Waals surface area contributed by atoms with E-state index in [9.17, 15) is 9.59 Å². The number of carbonyl (C=O) groups is 2. The number of para-hydroxylation sites is 1. The molecule has 2 aromatic carbocycles. The summed E-state index contributed by atoms with van der Waals surface area (Å²) in [4.78, 5) is 25.4. The van der Waals surface area contributed by atoms with Crippen molar-refractivity contribution in [2.75, 3.05) is 28.6 Å². The molecule has 0 aromatic heterocycles. The van der Waals surface area contributed by atoms with E-state index in [2.05, 4.69) is 10.6 Å². The first kappa shape index (κ1) is 16.3. The first-order valence-electron chi connectivity index (χ1n) is 7.74. The maximum absolute atomic E-state index is 12.1. The molecular weight excluding hydrogens is 326 g/mol. The predicted octanol–water partition coefficient (Wildman–Crippen LogP) is 3.30. The number of anilines is 3. The fraction of sp³-hybridized carbons (Fsp3) is 0.222. The normalized spacial score (nSPS) is 12.7. The van der Waals surface area contributed by atoms with Crippen LogP contribution in [0.3, 0.4) is 0 Å². The SMILES string of the molecule is CC(=O)N1CCc2cc(NC(=O)CNc3ccccc3Cl)ccc21. The summed E-state index contributed by atoms with van der Waals surface area (Å²) in [5, 5.41) is 6.44. The van der Waals surface area contributed by atoms with Crippen molar-refractivity contribution in [3.8, 4) is 0 Å². The van der Waals surface area contributed by atoms with Gasteiger partial charge >= 0.3 is 0 Å². The molecule has 0 fully saturated rings. The van der Waals surface area contributed by atoms with Crippen LogP contribution in [0.4, 0.5) is 17.1 Å². The van der Waals surface area contributed by atoms with Crippen LogP contribution in [0.15, 0.2) is 42.5 Å². The molecule has 1 aliphatic rings. The number of halogens is 1. The molecule has 2 aromatic rings. The molecule has 3 rings (SSSR count). The third kappa shape index (κ3) is 3.51. The first-order chi connectivity index (χ1) is 11.5. The van der Waals surface area contributed by atoms with Gasteiger partial charge in [0.1, 0.15) is 0 Å². The summed E-state index contributed by atoms with van der Waals surface area (Å²) in [6, 6.07) is 12.9. The van der Waals surface area contributed by atoms with Crippen molar-refractivity contribution in [3.05, 3.63) is 53.1 Å². The molecule has 0 bridgehead atoms. The van der Waals surface area contributed by atoms with Crippen LogP contribution in [0.5, 0.6) is 0 Å². The summed E-state index contributed by atoms with van der Waals surface area (Å²) in [5.74, 6) is -0.120. The van der Waals surface area contributed by atoms with Gasteiger partial charge < -0.3 is 15.5 Å². The van der Waals surface area contributed by atoms with Crippen molar-refractivity contribution in [1.82, 2.24) is 0 Å². The molecule has 0 aliphatic carbocycles. The second-order valence-electron chi connectivity index (χ2n) is 5.65. The second-order valence-corrected chi connectivity index (χ2v) is 6.05. The lowest BCUT2D eigenvalue weighted by atomic mass is 10.1. The minimum Gasteiger partial charge on any atom is -0.375 e. The minimum absolute atomic E-state index is 0.0366. The van der Waals surface area contributed by atoms with E-state index < -0.39 is 0 Å². The predicted molar refractivity (Wildman–Crippen MR) is 96.7 cm³/mol. The number of benzene rings is 2. The first-order valence-corrected chi connectivity index (χ1v) is 8.11. The zero-order valence-corrected chi connectivity index (χ0v) is 14.1. The average molecular weight is 344 g/mol. The fourth-order valence-corrected chi connectivity index (χ4v) is 2.99. The molecule has 2 N–H and O–H groups in total. The Morgan fingerprint density at radius 1 is 1.21 bits per heavy atom. The van der Waals surface area contributed by atoms with Crippen LogP contribution in [0, 0.1) is 0 Å². The molecule has 1 aliphatic heterocycles. The molecular formula is C18H18ClN3O2. The number of carbonyl (C=O) groups excluding carboxylic acids is 2. The Labute approximate surface area is 145 Å². The van der Waals surface area contributed by atoms with Crippen molar-refractivity contribution in [2.45, 2.75) is 13.3 Å². The van der Waals surface area contributed by atoms with Gasteiger partial charge in [-0.25, -0.2) is 0 Å². The van der Waals surface area contributed by atoms with Crippen molar-refractivity contribution < 1.29 is 9.59 Å². The van der Waals surface area contributed by atoms with Gasteiger partial charge in [-0.15, -0.1) is 0 Å². The molecule has 24 heavy (non-hydrogen) atoms. The zero-order chi connectivity index (χ0) is 17.1. The van der Waals surface area contributed by atoms with Crippen LogP contribution in [0.1, 0.15) is 12.5 Å². The van der Waals surface area contributed by atoms with Gasteiger partial charge in [-0.1, -0.05) is 23.7 Å². The van der Waals surface area contributed by atoms with Gasteiger partial charge in [-0.3, -0.25) is 9.59 Å². The Bertz CT molecular complexity index is 792. The molecule has 0 saturated heterocycles. The Morgan fingerprint density at radius 3 is 2.75 bits per heavy atom. The lowest BCUT2D eigenvalue weighted by Crippen LogP contribution is -2.25. The van der Waals surface area contributed by atoms with Gasteiger partial charge in [0.25, 0.3) is 0 Å². The van der Waals surface area contributed by atoms with Crippen LogP contribution < -0.4 is 15.5 Å². The minimum atomic E-state index is -0.156. The van der Waals surface area contributed by atoms with Gasteiger partial charge in [0.05, 0.1) is 17.3 Å². The van der Waals surface area contributed by atoms with Crippen LogP contribution in [0.2, 0.25) is 5.02 Å². The van der Waals surface area contributed by atoms with Crippen LogP contribution in [0.25, 0.3) is 0 Å². The highest BCUT2D eigenvalue weighted by Gasteiger charge is 2.22. The number of hydrogen-bond acceptors (Lipinski definition) is 3. The summed E-state index contributed by atoms with van der Waals surface area (Å²) in [7, 11) is 0. The smallest absolute Gasteiger partial charge is 0.243 e. The number of fused-ring (bicyclic) bond motifs is 1. The van der Waals surface area contributed by atoms with E-state index in [0.29, 0.717) is 11.6 Å². The van der Waals surface area contributed by atoms with Crippen LogP contribution in [-0.2, 0) is 16.0 Å². The molecule has 124 valence electrons. The number of nitrogens with one attached hydrogen (secondary N) is 2. The van der Waals surface area contributed by atoms with Crippen molar-refractivity contribution in [1.29, 1.82) is 0 Å². The molecule has 0 spiro atoms. The van der Waals surface area contributed by atoms with E-state index in [1.807, 2.05) is 36.4 Å². The van der Waals surface area contributed by atoms with Gasteiger partial charge in [0.15, 0.2) is 0 Å². The fourth-order valence-electron chi connectivity index (χ4n) is 2.79. The summed E-state index contributed by atoms with van der Waals surface area (Å²) >= 11 is 6.04. The molecule has 0 unspecified atom stereocenters. The molecule has 5 nitrogen and oxygen atoms in total. The topological polar surface area (TPSA) is 61.4 Å². The molecule has 1 heterocycles. The van der Waals surface area contributed by atoms with Gasteiger partial charge in [0, 0.05) is 24.8 Å². The number of hydrogen-bond donors (Lipinski definition) is 2. The third-order valence-electron chi connectivity index (χ3n) is 3.95. The molecule has 0 saturated carbocycles. The zero-order valence-electron chi connectivity index (χ0n) is 13.3. The van der Waals surface area contributed by atoms with E-state index in [1.54, 1.807) is 17.9 Å². The largest absolute Gasteiger partial charge is 0.375 e. The highest BCUT2D eigenvalue weighted by Crippen LogP contribution is 2.30. The monoisotopic (exact) mass is 343 g/mol. The van der Waals surface area contributed by atoms with E-state index in [1.165, 1.54) is 0 Å². The van der Waals surface area contributed by atoms with Crippen molar-refractivity contribution in [3.63, 3.8) is 0 Å². The Balaban J connectivity index is 1.61. The maximum atomic E-state index is 12.1. The van der Waals surface area contributed by atoms with Gasteiger partial charge in [-0.2, -0.15) is 0 Å². The van der Waals surface area contributed by atoms with E-state index >= 15 is 0 Å². The summed E-state index contributed by atoms with van der Waals surface area (Å²) < 4.78 is 0. The van der Waals surface area contributed by atoms with Crippen molar-refractivity contribution in [2.24, 2.45) is 0 Å². The summed E-state index contributed by atoms with van der Waals surface area (Å²) in [6.07, 6.45) is 0.802. The van der Waals surface area contributed by atoms with Crippen molar-refractivity contribution >= 4 is 40.5 Å². The summed E-state index contributed by atoms with van der Waals surface area (Å²) in [6.45, 7) is 2.38. The number of rotatable bonds is 4. The molecule has 0 atom stereocenters. The average Bonchev–Trinajstić information content (AvgIpc) is 2.97. The van der Waals surface area contributed by atoms with E-state index in [0.717, 1.165) is 29.0 Å². The summed E-state index contributed by atoms with van der Waals surface area (Å²) in [5.41, 5.74) is 3.45. The van der Waals surface area contributed by atoms with E-state index in [4.69, 9.17) is 11.6 Å². The number of amides is 2. The van der Waals surface area contributed by atoms with E-state index in [-0.39, 0.29) is 18.4 Å². The van der Waals surface area contributed by atoms with Crippen LogP contribution >= 0.6 is 11.6 Å². The van der Waals surface area contributed by atoms with Gasteiger partial charge in [-0.05, 0) is 42.3 Å². The molecule has 6 heteroatoms. The van der Waals surface area contributed by atoms with Crippen LogP contribution in [-0.4, -0.2) is 24.9 Å². The lowest BCUT2D eigenvalue weighted by molar-refractivity contribution is -0.116. The molecule has 2 amide bonds. The third-order valence-corrected chi connectivity index (χ3v) is 4.28. The Morgan fingerprint density at radius 2 is 2.00 bits per heavy atom. The van der Waals surface area contributed by atoms with Gasteiger partial charge in [0.2, 0.25) is 11.8 Å².